The molecule has 0 bridgehead atoms. The van der Waals surface area contributed by atoms with Gasteiger partial charge in [-0.15, -0.1) is 0 Å². The quantitative estimate of drug-likeness (QED) is 0.629. The first-order valence-electron chi connectivity index (χ1n) is 4.92. The molecule has 3 nitrogen and oxygen atoms in total. The van der Waals surface area contributed by atoms with E-state index in [0.717, 1.165) is 16.7 Å². The molecule has 0 aliphatic rings. The van der Waals surface area contributed by atoms with Gasteiger partial charge in [-0.25, -0.2) is 0 Å². The Balaban J connectivity index is 2.48. The van der Waals surface area contributed by atoms with Gasteiger partial charge in [0, 0.05) is 41.4 Å². The van der Waals surface area contributed by atoms with Gasteiger partial charge in [0.2, 0.25) is 0 Å². The molecule has 15 heavy (non-hydrogen) atoms. The lowest BCUT2D eigenvalue weighted by atomic mass is 10.1. The predicted octanol–water partition coefficient (Wildman–Crippen LogP) is 2.76. The number of anilines is 1. The predicted molar refractivity (Wildman–Crippen MR) is 63.1 cm³/mol. The molecule has 0 fully saturated rings. The maximum absolute atomic E-state index is 4.28. The highest BCUT2D eigenvalue weighted by Crippen LogP contribution is 2.25. The normalized spacial score (nSPS) is 11.0. The molecule has 1 aromatic carbocycles. The lowest BCUT2D eigenvalue weighted by molar-refractivity contribution is 1.39. The Kier molecular flexibility index (Phi) is 1.65. The molecule has 74 valence electrons. The van der Waals surface area contributed by atoms with Crippen molar-refractivity contribution in [1.82, 2.24) is 9.97 Å². The topological polar surface area (TPSA) is 40.7 Å². The summed E-state index contributed by atoms with van der Waals surface area (Å²) >= 11 is 0. The lowest BCUT2D eigenvalue weighted by Gasteiger charge is -2.05. The Bertz CT molecular complexity index is 625. The standard InChI is InChI=1S/C12H11N3/c1-13-10-3-5-15-12-7-11-8(2-4-14-11)6-9(10)12/h2-7,13,15H,1H3. The number of fused-ring (bicyclic) bond motifs is 2. The molecule has 3 heteroatoms. The van der Waals surface area contributed by atoms with E-state index in [4.69, 9.17) is 0 Å². The molecule has 2 N–H and O–H groups in total. The number of hydrogen-bond acceptors (Lipinski definition) is 2. The van der Waals surface area contributed by atoms with E-state index in [2.05, 4.69) is 27.4 Å². The van der Waals surface area contributed by atoms with Crippen molar-refractivity contribution in [3.05, 3.63) is 36.7 Å². The summed E-state index contributed by atoms with van der Waals surface area (Å²) < 4.78 is 0. The molecule has 0 aliphatic carbocycles. The average Bonchev–Trinajstić information content (AvgIpc) is 2.72. The Hall–Kier alpha value is -2.03. The Morgan fingerprint density at radius 1 is 1.27 bits per heavy atom. The third-order valence-corrected chi connectivity index (χ3v) is 2.68. The highest BCUT2D eigenvalue weighted by Gasteiger charge is 2.02. The maximum Gasteiger partial charge on any atom is 0.0723 e. The summed E-state index contributed by atoms with van der Waals surface area (Å²) in [5.41, 5.74) is 3.27. The largest absolute Gasteiger partial charge is 0.388 e. The molecule has 2 aromatic heterocycles. The third kappa shape index (κ3) is 1.16. The zero-order valence-electron chi connectivity index (χ0n) is 8.41. The Morgan fingerprint density at radius 2 is 2.20 bits per heavy atom. The molecule has 0 amide bonds. The zero-order chi connectivity index (χ0) is 10.3. The van der Waals surface area contributed by atoms with Crippen LogP contribution in [0.1, 0.15) is 0 Å². The van der Waals surface area contributed by atoms with Crippen LogP contribution in [0.3, 0.4) is 0 Å². The fourth-order valence-electron chi connectivity index (χ4n) is 1.91. The summed E-state index contributed by atoms with van der Waals surface area (Å²) in [5.74, 6) is 0. The van der Waals surface area contributed by atoms with E-state index in [1.165, 1.54) is 10.8 Å². The first-order chi connectivity index (χ1) is 7.38. The summed E-state index contributed by atoms with van der Waals surface area (Å²) in [6, 6.07) is 8.29. The molecule has 2 heterocycles. The number of benzene rings is 1. The summed E-state index contributed by atoms with van der Waals surface area (Å²) in [6.07, 6.45) is 3.77. The maximum atomic E-state index is 4.28. The highest BCUT2D eigenvalue weighted by molar-refractivity contribution is 6.00. The van der Waals surface area contributed by atoms with Crippen LogP contribution in [-0.2, 0) is 0 Å². The van der Waals surface area contributed by atoms with Crippen molar-refractivity contribution in [3.63, 3.8) is 0 Å². The second kappa shape index (κ2) is 2.98. The molecule has 0 unspecified atom stereocenters. The van der Waals surface area contributed by atoms with Crippen molar-refractivity contribution in [3.8, 4) is 0 Å². The van der Waals surface area contributed by atoms with Crippen LogP contribution in [0.25, 0.3) is 21.8 Å². The molecule has 0 aliphatic heterocycles. The van der Waals surface area contributed by atoms with E-state index in [0.29, 0.717) is 0 Å². The fourth-order valence-corrected chi connectivity index (χ4v) is 1.91. The van der Waals surface area contributed by atoms with Crippen LogP contribution in [0, 0.1) is 0 Å². The van der Waals surface area contributed by atoms with Crippen molar-refractivity contribution in [2.45, 2.75) is 0 Å². The van der Waals surface area contributed by atoms with E-state index in [9.17, 15) is 0 Å². The van der Waals surface area contributed by atoms with Crippen LogP contribution >= 0.6 is 0 Å². The summed E-state index contributed by atoms with van der Waals surface area (Å²) in [6.45, 7) is 0. The van der Waals surface area contributed by atoms with Crippen molar-refractivity contribution >= 4 is 27.5 Å². The number of nitrogens with one attached hydrogen (secondary N) is 2. The van der Waals surface area contributed by atoms with Crippen LogP contribution in [0.15, 0.2) is 36.7 Å². The molecule has 0 atom stereocenters. The molecule has 0 saturated carbocycles. The summed E-state index contributed by atoms with van der Waals surface area (Å²) in [4.78, 5) is 7.51. The van der Waals surface area contributed by atoms with Gasteiger partial charge < -0.3 is 10.3 Å². The van der Waals surface area contributed by atoms with E-state index < -0.39 is 0 Å². The van der Waals surface area contributed by atoms with Crippen molar-refractivity contribution in [2.24, 2.45) is 0 Å². The third-order valence-electron chi connectivity index (χ3n) is 2.68. The molecule has 0 saturated heterocycles. The number of aromatic nitrogens is 2. The van der Waals surface area contributed by atoms with E-state index in [1.807, 2.05) is 31.6 Å². The molecule has 0 radical (unpaired) electrons. The van der Waals surface area contributed by atoms with Gasteiger partial charge in [0.25, 0.3) is 0 Å². The zero-order valence-corrected chi connectivity index (χ0v) is 8.41. The second-order valence-electron chi connectivity index (χ2n) is 3.54. The van der Waals surface area contributed by atoms with Crippen molar-refractivity contribution in [2.75, 3.05) is 12.4 Å². The number of rotatable bonds is 1. The first-order valence-corrected chi connectivity index (χ1v) is 4.92. The minimum absolute atomic E-state index is 1.03. The van der Waals surface area contributed by atoms with Crippen LogP contribution in [0.2, 0.25) is 0 Å². The highest BCUT2D eigenvalue weighted by atomic mass is 14.8. The molecule has 0 spiro atoms. The Morgan fingerprint density at radius 3 is 3.07 bits per heavy atom. The summed E-state index contributed by atoms with van der Waals surface area (Å²) in [7, 11) is 1.93. The minimum atomic E-state index is 1.03. The van der Waals surface area contributed by atoms with Crippen molar-refractivity contribution < 1.29 is 0 Å². The van der Waals surface area contributed by atoms with Crippen LogP contribution < -0.4 is 5.32 Å². The van der Waals surface area contributed by atoms with Gasteiger partial charge in [-0.3, -0.25) is 4.98 Å². The molecular formula is C12H11N3. The first kappa shape index (κ1) is 8.29. The van der Waals surface area contributed by atoms with Crippen molar-refractivity contribution in [1.29, 1.82) is 0 Å². The number of H-pyrrole nitrogens is 1. The molecular weight excluding hydrogens is 186 g/mol. The van der Waals surface area contributed by atoms with Gasteiger partial charge in [-0.2, -0.15) is 0 Å². The SMILES string of the molecule is CNc1cc[nH]c2cc3nccc3cc12. The van der Waals surface area contributed by atoms with Gasteiger partial charge in [0.1, 0.15) is 0 Å². The van der Waals surface area contributed by atoms with E-state index in [-0.39, 0.29) is 0 Å². The van der Waals surface area contributed by atoms with Crippen LogP contribution in [0.5, 0.6) is 0 Å². The number of hydrogen-bond donors (Lipinski definition) is 2. The lowest BCUT2D eigenvalue weighted by Crippen LogP contribution is -1.90. The molecule has 3 rings (SSSR count). The fraction of sp³-hybridized carbons (Fsp3) is 0.0833. The molecule has 3 aromatic rings. The van der Waals surface area contributed by atoms with Crippen LogP contribution in [0.4, 0.5) is 5.69 Å². The Labute approximate surface area is 87.1 Å². The smallest absolute Gasteiger partial charge is 0.0723 e. The number of aromatic amines is 1. The van der Waals surface area contributed by atoms with Gasteiger partial charge in [0.05, 0.1) is 5.52 Å². The summed E-state index contributed by atoms with van der Waals surface area (Å²) in [5, 5.41) is 5.56. The number of pyridine rings is 1. The van der Waals surface area contributed by atoms with E-state index in [1.54, 1.807) is 0 Å². The monoisotopic (exact) mass is 197 g/mol. The number of nitrogens with zero attached hydrogens (tertiary/aromatic N) is 1. The second-order valence-corrected chi connectivity index (χ2v) is 3.54. The van der Waals surface area contributed by atoms with Gasteiger partial charge in [-0.05, 0) is 24.3 Å². The van der Waals surface area contributed by atoms with Gasteiger partial charge >= 0.3 is 0 Å². The van der Waals surface area contributed by atoms with Gasteiger partial charge in [0.15, 0.2) is 0 Å². The average molecular weight is 197 g/mol. The van der Waals surface area contributed by atoms with E-state index >= 15 is 0 Å². The van der Waals surface area contributed by atoms with Crippen LogP contribution in [-0.4, -0.2) is 17.0 Å². The minimum Gasteiger partial charge on any atom is -0.388 e. The van der Waals surface area contributed by atoms with Gasteiger partial charge in [-0.1, -0.05) is 0 Å².